The van der Waals surface area contributed by atoms with Gasteiger partial charge in [-0.2, -0.15) is 0 Å². The van der Waals surface area contributed by atoms with Crippen LogP contribution in [0.25, 0.3) is 0 Å². The van der Waals surface area contributed by atoms with E-state index in [1.165, 1.54) is 3.58 Å². The summed E-state index contributed by atoms with van der Waals surface area (Å²) in [5, 5.41) is 0.870. The third-order valence-electron chi connectivity index (χ3n) is 1.68. The van der Waals surface area contributed by atoms with Crippen molar-refractivity contribution in [2.24, 2.45) is 0 Å². The van der Waals surface area contributed by atoms with Gasteiger partial charge in [0.15, 0.2) is 0 Å². The van der Waals surface area contributed by atoms with Gasteiger partial charge in [0.1, 0.15) is 0 Å². The Morgan fingerprint density at radius 1 is 1.17 bits per heavy atom. The molecule has 0 spiro atoms. The first-order valence-corrected chi connectivity index (χ1v) is 15.1. The molecule has 1 heterocycles. The summed E-state index contributed by atoms with van der Waals surface area (Å²) in [6, 6.07) is 0. The van der Waals surface area contributed by atoms with Gasteiger partial charge in [0.25, 0.3) is 0 Å². The number of hydrogen-bond acceptors (Lipinski definition) is 3. The molecule has 0 fully saturated rings. The van der Waals surface area contributed by atoms with Crippen molar-refractivity contribution >= 4 is 33.7 Å². The molecule has 0 radical (unpaired) electrons. The average Bonchev–Trinajstić information content (AvgIpc) is 2.03. The van der Waals surface area contributed by atoms with Crippen LogP contribution in [0.1, 0.15) is 0 Å². The molecule has 0 atom stereocenters. The fourth-order valence-corrected chi connectivity index (χ4v) is 3.70. The number of rotatable bonds is 2. The van der Waals surface area contributed by atoms with Crippen LogP contribution in [0, 0.1) is 0 Å². The van der Waals surface area contributed by atoms with E-state index in [1.807, 2.05) is 18.6 Å². The van der Waals surface area contributed by atoms with E-state index in [4.69, 9.17) is 0 Å². The number of aromatic nitrogens is 2. The van der Waals surface area contributed by atoms with E-state index >= 15 is 0 Å². The minimum absolute atomic E-state index is 0.870. The predicted octanol–water partition coefficient (Wildman–Crippen LogP) is 1.74. The van der Waals surface area contributed by atoms with Crippen molar-refractivity contribution in [1.82, 2.24) is 9.97 Å². The van der Waals surface area contributed by atoms with Crippen LogP contribution < -0.4 is 3.58 Å². The molecule has 1 rings (SSSR count). The molecule has 0 N–H and O–H groups in total. The van der Waals surface area contributed by atoms with Crippen LogP contribution in [0.3, 0.4) is 0 Å². The minimum atomic E-state index is -1.90. The van der Waals surface area contributed by atoms with Gasteiger partial charge in [-0.25, -0.2) is 0 Å². The van der Waals surface area contributed by atoms with E-state index in [2.05, 4.69) is 24.8 Å². The van der Waals surface area contributed by atoms with E-state index in [1.54, 1.807) is 11.8 Å². The van der Waals surface area contributed by atoms with Gasteiger partial charge in [-0.15, -0.1) is 0 Å². The molecule has 0 bridgehead atoms. The third kappa shape index (κ3) is 2.62. The molecule has 0 aromatic carbocycles. The maximum atomic E-state index is 4.27. The molecule has 12 heavy (non-hydrogen) atoms. The molecular weight excluding hydrogens is 275 g/mol. The topological polar surface area (TPSA) is 25.8 Å². The van der Waals surface area contributed by atoms with Gasteiger partial charge in [-0.1, -0.05) is 0 Å². The Bertz CT molecular complexity index is 253. The Morgan fingerprint density at radius 2 is 1.67 bits per heavy atom. The number of thioether (sulfide) groups is 1. The van der Waals surface area contributed by atoms with Gasteiger partial charge < -0.3 is 0 Å². The molecule has 2 nitrogen and oxygen atoms in total. The summed E-state index contributed by atoms with van der Waals surface area (Å²) in [5.41, 5.74) is 0. The van der Waals surface area contributed by atoms with Crippen molar-refractivity contribution in [3.05, 3.63) is 12.4 Å². The van der Waals surface area contributed by atoms with Crippen LogP contribution in [0.2, 0.25) is 14.8 Å². The van der Waals surface area contributed by atoms with E-state index in [0.29, 0.717) is 0 Å². The molecule has 0 aliphatic carbocycles. The van der Waals surface area contributed by atoms with Crippen LogP contribution in [0.15, 0.2) is 17.6 Å². The van der Waals surface area contributed by atoms with Crippen LogP contribution in [-0.2, 0) is 0 Å². The molecule has 0 aliphatic rings. The predicted molar refractivity (Wildman–Crippen MR) is 56.8 cm³/mol. The average molecular weight is 289 g/mol. The Hall–Kier alpha value is 0.229. The third-order valence-corrected chi connectivity index (χ3v) is 7.93. The zero-order valence-corrected chi connectivity index (χ0v) is 11.6. The fourth-order valence-electron chi connectivity index (χ4n) is 0.809. The summed E-state index contributed by atoms with van der Waals surface area (Å²) in [6.45, 7) is 0. The summed E-state index contributed by atoms with van der Waals surface area (Å²) in [4.78, 5) is 15.6. The van der Waals surface area contributed by atoms with Crippen molar-refractivity contribution in [1.29, 1.82) is 0 Å². The zero-order chi connectivity index (χ0) is 9.19. The molecule has 0 amide bonds. The van der Waals surface area contributed by atoms with Crippen LogP contribution >= 0.6 is 11.8 Å². The molecule has 0 unspecified atom stereocenters. The van der Waals surface area contributed by atoms with E-state index in [9.17, 15) is 0 Å². The van der Waals surface area contributed by atoms with E-state index in [-0.39, 0.29) is 0 Å². The fraction of sp³-hybridized carbons (Fsp3) is 0.500. The Balaban J connectivity index is 2.93. The second-order valence-electron chi connectivity index (χ2n) is 3.71. The molecular formula is C8H14N2SSn. The normalized spacial score (nSPS) is 11.7. The van der Waals surface area contributed by atoms with Gasteiger partial charge >= 0.3 is 82.3 Å². The summed E-state index contributed by atoms with van der Waals surface area (Å²) in [6.07, 6.45) is 5.99. The Morgan fingerprint density at radius 3 is 2.00 bits per heavy atom. The summed E-state index contributed by atoms with van der Waals surface area (Å²) >= 11 is -0.307. The second kappa shape index (κ2) is 3.96. The first-order valence-electron chi connectivity index (χ1n) is 3.90. The van der Waals surface area contributed by atoms with Gasteiger partial charge in [0.2, 0.25) is 0 Å². The second-order valence-corrected chi connectivity index (χ2v) is 19.0. The first kappa shape index (κ1) is 10.3. The van der Waals surface area contributed by atoms with Crippen molar-refractivity contribution in [3.8, 4) is 0 Å². The molecule has 0 aliphatic heterocycles. The monoisotopic (exact) mass is 290 g/mol. The standard InChI is InChI=1S/C5H5N2S.3CH3.Sn/c1-8-5-6-3-2-4-7-5;;;;/h3-4H,1H3;3*1H3;. The molecule has 1 aromatic heterocycles. The van der Waals surface area contributed by atoms with E-state index < -0.39 is 18.4 Å². The summed E-state index contributed by atoms with van der Waals surface area (Å²) < 4.78 is 1.39. The Kier molecular flexibility index (Phi) is 3.40. The molecule has 0 saturated carbocycles. The van der Waals surface area contributed by atoms with Crippen molar-refractivity contribution in [2.45, 2.75) is 20.0 Å². The van der Waals surface area contributed by atoms with Crippen molar-refractivity contribution in [3.63, 3.8) is 0 Å². The SMILES string of the molecule is CSc1nc[c]([Sn]([CH3])([CH3])[CH3])cn1. The summed E-state index contributed by atoms with van der Waals surface area (Å²) in [7, 11) is 0. The molecule has 4 heteroatoms. The van der Waals surface area contributed by atoms with Gasteiger partial charge in [0, 0.05) is 0 Å². The van der Waals surface area contributed by atoms with Gasteiger partial charge in [0.05, 0.1) is 0 Å². The Labute approximate surface area is 82.1 Å². The summed E-state index contributed by atoms with van der Waals surface area (Å²) in [5.74, 6) is 0. The van der Waals surface area contributed by atoms with Crippen molar-refractivity contribution in [2.75, 3.05) is 6.26 Å². The molecule has 66 valence electrons. The van der Waals surface area contributed by atoms with Crippen LogP contribution in [0.4, 0.5) is 0 Å². The van der Waals surface area contributed by atoms with E-state index in [0.717, 1.165) is 5.16 Å². The quantitative estimate of drug-likeness (QED) is 0.471. The van der Waals surface area contributed by atoms with Gasteiger partial charge in [-0.05, 0) is 0 Å². The molecule has 1 aromatic rings. The zero-order valence-electron chi connectivity index (χ0n) is 7.96. The first-order chi connectivity index (χ1) is 5.54. The molecule has 0 saturated heterocycles. The maximum absolute atomic E-state index is 4.27. The van der Waals surface area contributed by atoms with Gasteiger partial charge in [-0.3, -0.25) is 0 Å². The van der Waals surface area contributed by atoms with Crippen LogP contribution in [-0.4, -0.2) is 34.6 Å². The number of hydrogen-bond donors (Lipinski definition) is 0. The van der Waals surface area contributed by atoms with Crippen LogP contribution in [0.5, 0.6) is 0 Å². The number of nitrogens with zero attached hydrogens (tertiary/aromatic N) is 2. The van der Waals surface area contributed by atoms with Crippen molar-refractivity contribution < 1.29 is 0 Å².